The fourth-order valence-electron chi connectivity index (χ4n) is 3.87. The minimum Gasteiger partial charge on any atom is -0.490 e. The van der Waals surface area contributed by atoms with Crippen molar-refractivity contribution in [2.24, 2.45) is 0 Å². The number of aromatic nitrogens is 3. The monoisotopic (exact) mass is 383 g/mol. The van der Waals surface area contributed by atoms with Crippen molar-refractivity contribution in [3.63, 3.8) is 0 Å². The quantitative estimate of drug-likeness (QED) is 0.815. The van der Waals surface area contributed by atoms with Gasteiger partial charge in [0.15, 0.2) is 11.5 Å². The minimum absolute atomic E-state index is 0.0582. The number of aromatic amines is 1. The van der Waals surface area contributed by atoms with Crippen LogP contribution in [0.4, 0.5) is 0 Å². The van der Waals surface area contributed by atoms with Crippen LogP contribution in [0.1, 0.15) is 59.8 Å². The number of carbonyl (C=O) groups is 1. The van der Waals surface area contributed by atoms with Crippen LogP contribution in [0, 0.1) is 0 Å². The molecule has 2 aliphatic carbocycles. The first-order valence-electron chi connectivity index (χ1n) is 9.65. The molecule has 5 rings (SSSR count). The largest absolute Gasteiger partial charge is 0.490 e. The number of H-pyrrole nitrogens is 1. The molecule has 1 saturated carbocycles. The van der Waals surface area contributed by atoms with Crippen molar-refractivity contribution in [3.05, 3.63) is 57.2 Å². The van der Waals surface area contributed by atoms with Gasteiger partial charge >= 0.3 is 5.97 Å². The second-order valence-corrected chi connectivity index (χ2v) is 7.24. The highest BCUT2D eigenvalue weighted by molar-refractivity contribution is 5.92. The van der Waals surface area contributed by atoms with Crippen molar-refractivity contribution >= 4 is 11.5 Å². The number of hydrogen-bond donors (Lipinski definition) is 1. The number of fused-ring (bicyclic) bond motifs is 1. The van der Waals surface area contributed by atoms with Gasteiger partial charge < -0.3 is 19.2 Å². The van der Waals surface area contributed by atoms with E-state index in [-0.39, 0.29) is 29.7 Å². The Morgan fingerprint density at radius 3 is 2.96 bits per heavy atom. The van der Waals surface area contributed by atoms with E-state index in [1.807, 2.05) is 12.2 Å². The van der Waals surface area contributed by atoms with E-state index in [1.54, 1.807) is 13.1 Å². The molecule has 3 aliphatic rings. The van der Waals surface area contributed by atoms with E-state index in [9.17, 15) is 9.59 Å². The highest BCUT2D eigenvalue weighted by Crippen LogP contribution is 2.43. The minimum atomic E-state index is -0.478. The number of rotatable bonds is 4. The van der Waals surface area contributed by atoms with E-state index in [2.05, 4.69) is 10.1 Å². The highest BCUT2D eigenvalue weighted by Gasteiger charge is 2.35. The second kappa shape index (κ2) is 6.54. The van der Waals surface area contributed by atoms with Crippen LogP contribution >= 0.6 is 0 Å². The Morgan fingerprint density at radius 1 is 1.36 bits per heavy atom. The molecule has 0 bridgehead atoms. The molecule has 8 heteroatoms. The van der Waals surface area contributed by atoms with Crippen LogP contribution in [0.2, 0.25) is 0 Å². The zero-order valence-electron chi connectivity index (χ0n) is 15.6. The Morgan fingerprint density at radius 2 is 2.18 bits per heavy atom. The average Bonchev–Trinajstić information content (AvgIpc) is 3.47. The third kappa shape index (κ3) is 2.80. The fraction of sp³-hybridized carbons (Fsp3) is 0.450. The topological polar surface area (TPSA) is 94.9 Å². The van der Waals surface area contributed by atoms with Crippen molar-refractivity contribution in [2.75, 3.05) is 19.8 Å². The Kier molecular flexibility index (Phi) is 3.99. The number of carbonyl (C=O) groups excluding carboxylic acids is 1. The lowest BCUT2D eigenvalue weighted by Gasteiger charge is -2.26. The maximum absolute atomic E-state index is 12.9. The first kappa shape index (κ1) is 17.1. The molecule has 1 N–H and O–H groups in total. The van der Waals surface area contributed by atoms with E-state index in [1.165, 1.54) is 4.52 Å². The molecule has 2 aromatic rings. The molecule has 1 aliphatic heterocycles. The smallest absolute Gasteiger partial charge is 0.359 e. The van der Waals surface area contributed by atoms with Gasteiger partial charge in [0.2, 0.25) is 0 Å². The van der Waals surface area contributed by atoms with Crippen LogP contribution in [-0.4, -0.2) is 40.4 Å². The summed E-state index contributed by atoms with van der Waals surface area (Å²) < 4.78 is 18.0. The number of nitrogens with one attached hydrogen (secondary N) is 1. The van der Waals surface area contributed by atoms with Crippen molar-refractivity contribution < 1.29 is 19.0 Å². The Bertz CT molecular complexity index is 1070. The number of hydrogen-bond acceptors (Lipinski definition) is 6. The van der Waals surface area contributed by atoms with Crippen LogP contribution in [-0.2, 0) is 14.2 Å². The van der Waals surface area contributed by atoms with Gasteiger partial charge in [-0.05, 0) is 31.8 Å². The van der Waals surface area contributed by atoms with Gasteiger partial charge in [-0.15, -0.1) is 0 Å². The molecule has 1 atom stereocenters. The summed E-state index contributed by atoms with van der Waals surface area (Å²) in [5.74, 6) is 1.21. The molecule has 3 heterocycles. The Labute approximate surface area is 160 Å². The van der Waals surface area contributed by atoms with Gasteiger partial charge in [0, 0.05) is 29.8 Å². The molecule has 1 fully saturated rings. The summed E-state index contributed by atoms with van der Waals surface area (Å²) in [6.45, 7) is 3.10. The van der Waals surface area contributed by atoms with E-state index in [0.29, 0.717) is 30.7 Å². The van der Waals surface area contributed by atoms with Gasteiger partial charge in [-0.1, -0.05) is 6.08 Å². The average molecular weight is 383 g/mol. The molecule has 8 nitrogen and oxygen atoms in total. The lowest BCUT2D eigenvalue weighted by Crippen LogP contribution is -2.20. The molecule has 0 radical (unpaired) electrons. The lowest BCUT2D eigenvalue weighted by atomic mass is 9.95. The summed E-state index contributed by atoms with van der Waals surface area (Å²) in [7, 11) is 0. The summed E-state index contributed by atoms with van der Waals surface area (Å²) in [4.78, 5) is 28.3. The fourth-order valence-corrected chi connectivity index (χ4v) is 3.87. The van der Waals surface area contributed by atoms with Crippen LogP contribution in [0.15, 0.2) is 34.7 Å². The third-order valence-electron chi connectivity index (χ3n) is 5.31. The Hall–Kier alpha value is -3.03. The molecule has 0 saturated heterocycles. The number of nitrogens with zero attached hydrogens (tertiary/aromatic N) is 2. The van der Waals surface area contributed by atoms with Gasteiger partial charge in [-0.3, -0.25) is 4.79 Å². The number of allylic oxidation sites excluding steroid dienone is 3. The van der Waals surface area contributed by atoms with Crippen molar-refractivity contribution in [3.8, 4) is 0 Å². The van der Waals surface area contributed by atoms with Gasteiger partial charge in [-0.2, -0.15) is 5.10 Å². The molecule has 0 spiro atoms. The number of ether oxygens (including phenoxy) is 3. The van der Waals surface area contributed by atoms with Crippen LogP contribution in [0.5, 0.6) is 0 Å². The maximum Gasteiger partial charge on any atom is 0.359 e. The van der Waals surface area contributed by atoms with E-state index in [4.69, 9.17) is 14.2 Å². The molecular weight excluding hydrogens is 362 g/mol. The molecule has 0 amide bonds. The lowest BCUT2D eigenvalue weighted by molar-refractivity contribution is 0.0517. The van der Waals surface area contributed by atoms with E-state index in [0.717, 1.165) is 30.1 Å². The third-order valence-corrected chi connectivity index (χ3v) is 5.31. The number of esters is 1. The van der Waals surface area contributed by atoms with Gasteiger partial charge in [-0.25, -0.2) is 9.31 Å². The van der Waals surface area contributed by atoms with Crippen molar-refractivity contribution in [2.45, 2.75) is 38.0 Å². The molecular formula is C20H21N3O5. The first-order chi connectivity index (χ1) is 13.7. The second-order valence-electron chi connectivity index (χ2n) is 7.24. The van der Waals surface area contributed by atoms with E-state index < -0.39 is 5.97 Å². The van der Waals surface area contributed by atoms with Crippen LogP contribution < -0.4 is 5.56 Å². The summed E-state index contributed by atoms with van der Waals surface area (Å²) in [5, 5.41) is 4.42. The van der Waals surface area contributed by atoms with Crippen LogP contribution in [0.3, 0.4) is 0 Å². The summed E-state index contributed by atoms with van der Waals surface area (Å²) in [6.07, 6.45) is 8.17. The SMILES string of the molecule is CCOC(=O)c1nn2cc(C3C=CC4=C(C3)OCCO4)[nH]c(=O)c2c1C1CC1. The molecule has 28 heavy (non-hydrogen) atoms. The molecule has 2 aromatic heterocycles. The predicted octanol–water partition coefficient (Wildman–Crippen LogP) is 2.38. The van der Waals surface area contributed by atoms with E-state index >= 15 is 0 Å². The van der Waals surface area contributed by atoms with Crippen molar-refractivity contribution in [1.29, 1.82) is 0 Å². The summed E-state index contributed by atoms with van der Waals surface area (Å²) in [6, 6.07) is 0. The molecule has 0 aromatic carbocycles. The summed E-state index contributed by atoms with van der Waals surface area (Å²) >= 11 is 0. The Balaban J connectivity index is 1.56. The summed E-state index contributed by atoms with van der Waals surface area (Å²) in [5.41, 5.74) is 1.87. The zero-order valence-corrected chi connectivity index (χ0v) is 15.6. The van der Waals surface area contributed by atoms with Crippen LogP contribution in [0.25, 0.3) is 5.52 Å². The predicted molar refractivity (Wildman–Crippen MR) is 99.2 cm³/mol. The maximum atomic E-state index is 12.9. The highest BCUT2D eigenvalue weighted by atomic mass is 16.6. The van der Waals surface area contributed by atoms with Gasteiger partial charge in [0.1, 0.15) is 24.5 Å². The first-order valence-corrected chi connectivity index (χ1v) is 9.65. The zero-order chi connectivity index (χ0) is 19.3. The van der Waals surface area contributed by atoms with Gasteiger partial charge in [0.25, 0.3) is 5.56 Å². The molecule has 146 valence electrons. The molecule has 1 unspecified atom stereocenters. The van der Waals surface area contributed by atoms with Crippen molar-refractivity contribution in [1.82, 2.24) is 14.6 Å². The standard InChI is InChI=1S/C20H21N3O5/c1-2-26-20(25)17-16(11-3-4-11)18-19(24)21-13(10-23(18)22-17)12-5-6-14-15(9-12)28-8-7-27-14/h5-6,10-12H,2-4,7-9H2,1H3,(H,21,24). The normalized spacial score (nSPS) is 21.2. The van der Waals surface area contributed by atoms with Gasteiger partial charge in [0.05, 0.1) is 6.61 Å².